The molecule has 0 radical (unpaired) electrons. The van der Waals surface area contributed by atoms with Crippen molar-refractivity contribution < 1.29 is 19.1 Å². The number of nitrogens with zero attached hydrogens (tertiary/aromatic N) is 1. The van der Waals surface area contributed by atoms with Crippen molar-refractivity contribution in [3.8, 4) is 0 Å². The van der Waals surface area contributed by atoms with Gasteiger partial charge < -0.3 is 20.3 Å². The van der Waals surface area contributed by atoms with Crippen LogP contribution in [-0.4, -0.2) is 52.5 Å². The molecule has 4 aliphatic rings. The van der Waals surface area contributed by atoms with Crippen molar-refractivity contribution in [1.29, 1.82) is 0 Å². The third-order valence-corrected chi connectivity index (χ3v) is 9.55. The molecule has 6 atom stereocenters. The number of carbonyl (C=O) groups excluding carboxylic acids is 3. The lowest BCUT2D eigenvalue weighted by Gasteiger charge is -2.36. The minimum absolute atomic E-state index is 0.0810. The Bertz CT molecular complexity index is 1340. The van der Waals surface area contributed by atoms with Crippen molar-refractivity contribution in [2.45, 2.75) is 81.7 Å². The smallest absolute Gasteiger partial charge is 0.246 e. The number of hydrogen-bond donors (Lipinski definition) is 2. The van der Waals surface area contributed by atoms with Crippen molar-refractivity contribution in [2.24, 2.45) is 11.8 Å². The van der Waals surface area contributed by atoms with Gasteiger partial charge in [-0.05, 0) is 56.4 Å². The first kappa shape index (κ1) is 28.3. The van der Waals surface area contributed by atoms with Crippen molar-refractivity contribution in [1.82, 2.24) is 10.2 Å². The van der Waals surface area contributed by atoms with Crippen LogP contribution in [0, 0.1) is 11.8 Å². The van der Waals surface area contributed by atoms with Crippen LogP contribution in [0.4, 0.5) is 5.69 Å². The number of nitrogens with one attached hydrogen (secondary N) is 2. The zero-order valence-electron chi connectivity index (χ0n) is 23.0. The van der Waals surface area contributed by atoms with E-state index in [1.165, 1.54) is 12.0 Å². The molecule has 2 aromatic carbocycles. The summed E-state index contributed by atoms with van der Waals surface area (Å²) in [6.07, 6.45) is 9.71. The van der Waals surface area contributed by atoms with E-state index in [0.717, 1.165) is 32.1 Å². The first-order valence-electron chi connectivity index (χ1n) is 14.6. The molecule has 1 aliphatic carbocycles. The van der Waals surface area contributed by atoms with Crippen LogP contribution in [0.3, 0.4) is 0 Å². The molecule has 6 rings (SSSR count). The fourth-order valence-electron chi connectivity index (χ4n) is 7.22. The SMILES string of the molecule is C[C@H](CCc1ccccc1)N1C(=O)[C@@H]2[C@H](C(=O)Nc3cc(Cl)cc(Cl)c3)[C@@H]3C=C[C@@]2(O3)[C@@H]1C(=O)NC1CCCCC1. The van der Waals surface area contributed by atoms with E-state index in [0.29, 0.717) is 22.2 Å². The van der Waals surface area contributed by atoms with E-state index in [2.05, 4.69) is 22.8 Å². The third-order valence-electron chi connectivity index (χ3n) is 9.11. The Labute approximate surface area is 250 Å². The number of rotatable bonds is 8. The summed E-state index contributed by atoms with van der Waals surface area (Å²) in [5.74, 6) is -2.38. The van der Waals surface area contributed by atoms with Gasteiger partial charge in [0.15, 0.2) is 0 Å². The van der Waals surface area contributed by atoms with Crippen LogP contribution in [-0.2, 0) is 25.5 Å². The van der Waals surface area contributed by atoms with Crippen molar-refractivity contribution in [2.75, 3.05) is 5.32 Å². The van der Waals surface area contributed by atoms with Crippen LogP contribution in [0.15, 0.2) is 60.7 Å². The van der Waals surface area contributed by atoms with Gasteiger partial charge in [-0.1, -0.05) is 84.9 Å². The number of fused-ring (bicyclic) bond motifs is 1. The zero-order valence-corrected chi connectivity index (χ0v) is 24.5. The fraction of sp³-hybridized carbons (Fsp3) is 0.469. The molecule has 9 heteroatoms. The topological polar surface area (TPSA) is 87.7 Å². The van der Waals surface area contributed by atoms with Gasteiger partial charge in [-0.2, -0.15) is 0 Å². The lowest BCUT2D eigenvalue weighted by molar-refractivity contribution is -0.143. The summed E-state index contributed by atoms with van der Waals surface area (Å²) in [6.45, 7) is 1.98. The number of hydrogen-bond acceptors (Lipinski definition) is 4. The van der Waals surface area contributed by atoms with E-state index < -0.39 is 29.6 Å². The standard InChI is InChI=1S/C32H35Cl2N3O4/c1-19(12-13-20-8-4-2-5-9-20)37-28(30(39)35-23-10-6-3-7-11-23)32-15-14-25(41-32)26(27(32)31(37)40)29(38)36-24-17-21(33)16-22(34)18-24/h2,4-5,8-9,14-19,23,25-28H,3,6-7,10-13H2,1H3,(H,35,39)(H,36,38)/t19-,25+,26-,27+,28+,32+/m1/s1. The van der Waals surface area contributed by atoms with E-state index in [1.807, 2.05) is 37.3 Å². The molecule has 1 spiro atoms. The van der Waals surface area contributed by atoms with Gasteiger partial charge in [0.05, 0.1) is 17.9 Å². The van der Waals surface area contributed by atoms with Crippen molar-refractivity contribution in [3.63, 3.8) is 0 Å². The predicted molar refractivity (Wildman–Crippen MR) is 159 cm³/mol. The highest BCUT2D eigenvalue weighted by molar-refractivity contribution is 6.35. The summed E-state index contributed by atoms with van der Waals surface area (Å²) < 4.78 is 6.49. The van der Waals surface area contributed by atoms with Gasteiger partial charge in [-0.25, -0.2) is 0 Å². The van der Waals surface area contributed by atoms with Crippen LogP contribution >= 0.6 is 23.2 Å². The van der Waals surface area contributed by atoms with Crippen LogP contribution in [0.1, 0.15) is 51.0 Å². The summed E-state index contributed by atoms with van der Waals surface area (Å²) >= 11 is 12.3. The number of amides is 3. The minimum atomic E-state index is -1.20. The van der Waals surface area contributed by atoms with Gasteiger partial charge in [-0.3, -0.25) is 14.4 Å². The molecular formula is C32H35Cl2N3O4. The molecule has 216 valence electrons. The van der Waals surface area contributed by atoms with E-state index >= 15 is 0 Å². The van der Waals surface area contributed by atoms with Gasteiger partial charge in [0.25, 0.3) is 0 Å². The number of aryl methyl sites for hydroxylation is 1. The second kappa shape index (κ2) is 11.4. The Morgan fingerprint density at radius 3 is 2.46 bits per heavy atom. The maximum atomic E-state index is 14.3. The van der Waals surface area contributed by atoms with Gasteiger partial charge in [0.1, 0.15) is 11.6 Å². The van der Waals surface area contributed by atoms with Gasteiger partial charge >= 0.3 is 0 Å². The number of ether oxygens (including phenoxy) is 1. The maximum absolute atomic E-state index is 14.3. The number of halogens is 2. The van der Waals surface area contributed by atoms with Crippen LogP contribution in [0.5, 0.6) is 0 Å². The third kappa shape index (κ3) is 5.28. The second-order valence-electron chi connectivity index (χ2n) is 11.8. The average molecular weight is 597 g/mol. The highest BCUT2D eigenvalue weighted by atomic mass is 35.5. The largest absolute Gasteiger partial charge is 0.359 e. The second-order valence-corrected chi connectivity index (χ2v) is 12.7. The van der Waals surface area contributed by atoms with Crippen LogP contribution in [0.25, 0.3) is 0 Å². The molecule has 1 saturated carbocycles. The number of likely N-dealkylation sites (tertiary alicyclic amines) is 1. The van der Waals surface area contributed by atoms with Crippen LogP contribution < -0.4 is 10.6 Å². The van der Waals surface area contributed by atoms with Gasteiger partial charge in [0.2, 0.25) is 17.7 Å². The fourth-order valence-corrected chi connectivity index (χ4v) is 7.74. The molecule has 2 aromatic rings. The first-order chi connectivity index (χ1) is 19.8. The normalized spacial score (nSPS) is 29.4. The Morgan fingerprint density at radius 2 is 1.76 bits per heavy atom. The number of anilines is 1. The van der Waals surface area contributed by atoms with Crippen molar-refractivity contribution in [3.05, 3.63) is 76.3 Å². The van der Waals surface area contributed by atoms with Gasteiger partial charge in [0, 0.05) is 27.8 Å². The Kier molecular flexibility index (Phi) is 7.88. The quantitative estimate of drug-likeness (QED) is 0.391. The molecule has 2 N–H and O–H groups in total. The van der Waals surface area contributed by atoms with E-state index in [4.69, 9.17) is 27.9 Å². The maximum Gasteiger partial charge on any atom is 0.246 e. The summed E-state index contributed by atoms with van der Waals surface area (Å²) in [5.41, 5.74) is 0.413. The molecule has 3 amide bonds. The summed E-state index contributed by atoms with van der Waals surface area (Å²) in [7, 11) is 0. The molecule has 7 nitrogen and oxygen atoms in total. The lowest BCUT2D eigenvalue weighted by atomic mass is 9.74. The highest BCUT2D eigenvalue weighted by Crippen LogP contribution is 2.56. The molecule has 3 fully saturated rings. The number of carbonyl (C=O) groups is 3. The average Bonchev–Trinajstić information content (AvgIpc) is 3.59. The minimum Gasteiger partial charge on any atom is -0.359 e. The Balaban J connectivity index is 1.29. The Morgan fingerprint density at radius 1 is 1.05 bits per heavy atom. The summed E-state index contributed by atoms with van der Waals surface area (Å²) in [4.78, 5) is 43.8. The van der Waals surface area contributed by atoms with Crippen molar-refractivity contribution >= 4 is 46.6 Å². The van der Waals surface area contributed by atoms with Crippen LogP contribution in [0.2, 0.25) is 10.0 Å². The Hall–Kier alpha value is -2.87. The molecule has 0 aromatic heterocycles. The molecule has 0 unspecified atom stereocenters. The molecule has 2 saturated heterocycles. The number of benzene rings is 2. The van der Waals surface area contributed by atoms with E-state index in [9.17, 15) is 14.4 Å². The zero-order chi connectivity index (χ0) is 28.7. The molecule has 3 aliphatic heterocycles. The monoisotopic (exact) mass is 595 g/mol. The molecule has 3 heterocycles. The first-order valence-corrected chi connectivity index (χ1v) is 15.3. The van der Waals surface area contributed by atoms with E-state index in [-0.39, 0.29) is 29.8 Å². The molecule has 41 heavy (non-hydrogen) atoms. The molecular weight excluding hydrogens is 561 g/mol. The summed E-state index contributed by atoms with van der Waals surface area (Å²) in [6, 6.07) is 13.9. The predicted octanol–water partition coefficient (Wildman–Crippen LogP) is 5.55. The lowest BCUT2D eigenvalue weighted by Crippen LogP contribution is -2.58. The van der Waals surface area contributed by atoms with E-state index in [1.54, 1.807) is 23.1 Å². The molecule has 2 bridgehead atoms. The van der Waals surface area contributed by atoms with Gasteiger partial charge in [-0.15, -0.1) is 0 Å². The summed E-state index contributed by atoms with van der Waals surface area (Å²) in [5, 5.41) is 6.92. The highest BCUT2D eigenvalue weighted by Gasteiger charge is 2.73.